The number of nitrogens with one attached hydrogen (secondary N) is 1. The van der Waals surface area contributed by atoms with Gasteiger partial charge in [0.05, 0.1) is 13.2 Å². The highest BCUT2D eigenvalue weighted by atomic mass is 16.5. The molecule has 1 atom stereocenters. The van der Waals surface area contributed by atoms with Gasteiger partial charge in [0, 0.05) is 24.2 Å². The predicted octanol–water partition coefficient (Wildman–Crippen LogP) is 2.74. The van der Waals surface area contributed by atoms with Crippen molar-refractivity contribution in [2.75, 3.05) is 13.2 Å². The average molecular weight is 326 g/mol. The van der Waals surface area contributed by atoms with Crippen LogP contribution >= 0.6 is 0 Å². The van der Waals surface area contributed by atoms with E-state index in [0.29, 0.717) is 38.5 Å². The second kappa shape index (κ2) is 7.81. The van der Waals surface area contributed by atoms with Crippen LogP contribution in [-0.2, 0) is 17.8 Å². The number of carbonyl (C=O) groups is 1. The molecule has 0 unspecified atom stereocenters. The highest BCUT2D eigenvalue weighted by Gasteiger charge is 2.23. The molecule has 2 aromatic rings. The number of fused-ring (bicyclic) bond motifs is 1. The van der Waals surface area contributed by atoms with Crippen LogP contribution in [0, 0.1) is 5.92 Å². The first-order valence-corrected chi connectivity index (χ1v) is 8.33. The molecule has 0 saturated heterocycles. The van der Waals surface area contributed by atoms with Gasteiger partial charge < -0.3 is 14.8 Å². The fourth-order valence-electron chi connectivity index (χ4n) is 2.87. The number of nitrogens with zero attached hydrogens (tertiary/aromatic N) is 1. The van der Waals surface area contributed by atoms with E-state index >= 15 is 0 Å². The molecule has 1 amide bonds. The fraction of sp³-hybridized carbons (Fsp3) is 0.368. The summed E-state index contributed by atoms with van der Waals surface area (Å²) in [6, 6.07) is 11.7. The third kappa shape index (κ3) is 3.85. The number of amides is 1. The number of para-hydroxylation sites is 1. The van der Waals surface area contributed by atoms with Crippen molar-refractivity contribution < 1.29 is 14.3 Å². The lowest BCUT2D eigenvalue weighted by atomic mass is 9.96. The van der Waals surface area contributed by atoms with Gasteiger partial charge in [-0.1, -0.05) is 24.3 Å². The van der Waals surface area contributed by atoms with Gasteiger partial charge in [-0.15, -0.1) is 0 Å². The van der Waals surface area contributed by atoms with Crippen LogP contribution in [0.3, 0.4) is 0 Å². The van der Waals surface area contributed by atoms with Crippen molar-refractivity contribution in [3.05, 3.63) is 53.7 Å². The Morgan fingerprint density at radius 3 is 3.08 bits per heavy atom. The van der Waals surface area contributed by atoms with Gasteiger partial charge in [-0.05, 0) is 37.5 Å². The Morgan fingerprint density at radius 1 is 1.33 bits per heavy atom. The lowest BCUT2D eigenvalue weighted by molar-refractivity contribution is -0.125. The molecule has 1 aliphatic heterocycles. The zero-order valence-electron chi connectivity index (χ0n) is 13.8. The molecular weight excluding hydrogens is 304 g/mol. The maximum Gasteiger partial charge on any atom is 0.223 e. The summed E-state index contributed by atoms with van der Waals surface area (Å²) in [5.41, 5.74) is 1.98. The largest absolute Gasteiger partial charge is 0.493 e. The second-order valence-electron chi connectivity index (χ2n) is 5.76. The van der Waals surface area contributed by atoms with Gasteiger partial charge >= 0.3 is 0 Å². The summed E-state index contributed by atoms with van der Waals surface area (Å²) in [6.07, 6.45) is 3.11. The van der Waals surface area contributed by atoms with Gasteiger partial charge in [0.15, 0.2) is 0 Å². The van der Waals surface area contributed by atoms with E-state index < -0.39 is 0 Å². The summed E-state index contributed by atoms with van der Waals surface area (Å²) in [6.45, 7) is 3.45. The fourth-order valence-corrected chi connectivity index (χ4v) is 2.87. The molecular formula is C19H22N2O3. The Balaban J connectivity index is 1.63. The number of benzene rings is 1. The summed E-state index contributed by atoms with van der Waals surface area (Å²) in [5, 5.41) is 3.01. The van der Waals surface area contributed by atoms with E-state index in [1.807, 2.05) is 43.3 Å². The molecule has 1 aromatic heterocycles. The van der Waals surface area contributed by atoms with Gasteiger partial charge in [0.2, 0.25) is 11.8 Å². The summed E-state index contributed by atoms with van der Waals surface area (Å²) >= 11 is 0. The minimum atomic E-state index is -0.0825. The SMILES string of the molecule is CCOc1ncccc1CNC(=O)[C@H]1CCOc2ccccc2C1. The molecule has 0 saturated carbocycles. The molecule has 3 rings (SSSR count). The van der Waals surface area contributed by atoms with Crippen molar-refractivity contribution in [3.8, 4) is 11.6 Å². The number of hydrogen-bond donors (Lipinski definition) is 1. The van der Waals surface area contributed by atoms with Crippen LogP contribution in [0.2, 0.25) is 0 Å². The van der Waals surface area contributed by atoms with Crippen molar-refractivity contribution in [1.29, 1.82) is 0 Å². The van der Waals surface area contributed by atoms with E-state index in [0.717, 1.165) is 16.9 Å². The van der Waals surface area contributed by atoms with Crippen LogP contribution in [0.5, 0.6) is 11.6 Å². The van der Waals surface area contributed by atoms with Crippen LogP contribution in [0.15, 0.2) is 42.6 Å². The molecule has 2 heterocycles. The van der Waals surface area contributed by atoms with Gasteiger partial charge in [0.25, 0.3) is 0 Å². The van der Waals surface area contributed by atoms with Crippen LogP contribution in [0.4, 0.5) is 0 Å². The predicted molar refractivity (Wildman–Crippen MR) is 91.0 cm³/mol. The molecule has 5 heteroatoms. The third-order valence-electron chi connectivity index (χ3n) is 4.12. The van der Waals surface area contributed by atoms with E-state index in [-0.39, 0.29) is 11.8 Å². The number of rotatable bonds is 5. The van der Waals surface area contributed by atoms with Gasteiger partial charge in [-0.3, -0.25) is 4.79 Å². The Kier molecular flexibility index (Phi) is 5.31. The first-order valence-electron chi connectivity index (χ1n) is 8.33. The minimum Gasteiger partial charge on any atom is -0.493 e. The molecule has 1 N–H and O–H groups in total. The second-order valence-corrected chi connectivity index (χ2v) is 5.76. The van der Waals surface area contributed by atoms with Crippen molar-refractivity contribution in [1.82, 2.24) is 10.3 Å². The number of aromatic nitrogens is 1. The number of carbonyl (C=O) groups excluding carboxylic acids is 1. The van der Waals surface area contributed by atoms with Crippen molar-refractivity contribution in [2.24, 2.45) is 5.92 Å². The molecule has 24 heavy (non-hydrogen) atoms. The molecule has 5 nitrogen and oxygen atoms in total. The molecule has 0 aliphatic carbocycles. The van der Waals surface area contributed by atoms with E-state index in [4.69, 9.17) is 9.47 Å². The summed E-state index contributed by atoms with van der Waals surface area (Å²) in [7, 11) is 0. The normalized spacial score (nSPS) is 16.5. The zero-order valence-corrected chi connectivity index (χ0v) is 13.8. The monoisotopic (exact) mass is 326 g/mol. The molecule has 0 spiro atoms. The van der Waals surface area contributed by atoms with Gasteiger partial charge in [-0.2, -0.15) is 0 Å². The lowest BCUT2D eigenvalue weighted by Crippen LogP contribution is -2.32. The maximum absolute atomic E-state index is 12.6. The molecule has 1 aliphatic rings. The van der Waals surface area contributed by atoms with Crippen molar-refractivity contribution in [2.45, 2.75) is 26.3 Å². The van der Waals surface area contributed by atoms with E-state index in [1.54, 1.807) is 6.20 Å². The summed E-state index contributed by atoms with van der Waals surface area (Å²) in [4.78, 5) is 16.8. The summed E-state index contributed by atoms with van der Waals surface area (Å²) < 4.78 is 11.2. The first-order chi connectivity index (χ1) is 11.8. The van der Waals surface area contributed by atoms with Gasteiger partial charge in [-0.25, -0.2) is 4.98 Å². The molecule has 126 valence electrons. The smallest absolute Gasteiger partial charge is 0.223 e. The Labute approximate surface area is 142 Å². The Bertz CT molecular complexity index is 703. The zero-order chi connectivity index (χ0) is 16.8. The highest BCUT2D eigenvalue weighted by Crippen LogP contribution is 2.26. The third-order valence-corrected chi connectivity index (χ3v) is 4.12. The molecule has 1 aromatic carbocycles. The van der Waals surface area contributed by atoms with Gasteiger partial charge in [0.1, 0.15) is 5.75 Å². The van der Waals surface area contributed by atoms with E-state index in [1.165, 1.54) is 0 Å². The molecule has 0 radical (unpaired) electrons. The quantitative estimate of drug-likeness (QED) is 0.918. The van der Waals surface area contributed by atoms with Crippen LogP contribution in [-0.4, -0.2) is 24.1 Å². The topological polar surface area (TPSA) is 60.5 Å². The standard InChI is InChI=1S/C19H22N2O3/c1-2-23-19-16(7-5-10-20-19)13-21-18(22)15-9-11-24-17-8-4-3-6-14(17)12-15/h3-8,10,15H,2,9,11-13H2,1H3,(H,21,22)/t15-/m0/s1. The number of pyridine rings is 1. The number of ether oxygens (including phenoxy) is 2. The number of hydrogen-bond acceptors (Lipinski definition) is 4. The van der Waals surface area contributed by atoms with E-state index in [2.05, 4.69) is 10.3 Å². The average Bonchev–Trinajstić information content (AvgIpc) is 2.83. The van der Waals surface area contributed by atoms with Crippen LogP contribution in [0.1, 0.15) is 24.5 Å². The maximum atomic E-state index is 12.6. The highest BCUT2D eigenvalue weighted by molar-refractivity contribution is 5.79. The van der Waals surface area contributed by atoms with Crippen molar-refractivity contribution in [3.63, 3.8) is 0 Å². The molecule has 0 fully saturated rings. The lowest BCUT2D eigenvalue weighted by Gasteiger charge is -2.15. The Morgan fingerprint density at radius 2 is 2.21 bits per heavy atom. The summed E-state index contributed by atoms with van der Waals surface area (Å²) in [5.74, 6) is 1.43. The minimum absolute atomic E-state index is 0.0432. The molecule has 0 bridgehead atoms. The van der Waals surface area contributed by atoms with Crippen LogP contribution < -0.4 is 14.8 Å². The van der Waals surface area contributed by atoms with Crippen LogP contribution in [0.25, 0.3) is 0 Å². The Hall–Kier alpha value is -2.56. The van der Waals surface area contributed by atoms with E-state index in [9.17, 15) is 4.79 Å². The van der Waals surface area contributed by atoms with Crippen molar-refractivity contribution >= 4 is 5.91 Å². The first kappa shape index (κ1) is 16.3.